The molecule has 23 heavy (non-hydrogen) atoms. The zero-order chi connectivity index (χ0) is 16.8. The normalized spacial score (nSPS) is 10.0. The van der Waals surface area contributed by atoms with E-state index in [9.17, 15) is 9.59 Å². The molecular weight excluding hydrogens is 318 g/mol. The lowest BCUT2D eigenvalue weighted by atomic mass is 10.1. The van der Waals surface area contributed by atoms with Crippen LogP contribution >= 0.6 is 11.6 Å². The van der Waals surface area contributed by atoms with Crippen LogP contribution in [0.25, 0.3) is 0 Å². The molecule has 0 aliphatic rings. The molecule has 0 radical (unpaired) electrons. The highest BCUT2D eigenvalue weighted by molar-refractivity contribution is 6.31. The van der Waals surface area contributed by atoms with Gasteiger partial charge in [-0.3, -0.25) is 4.79 Å². The van der Waals surface area contributed by atoms with Crippen LogP contribution in [0.2, 0.25) is 5.02 Å². The smallest absolute Gasteiger partial charge is 0.343 e. The number of carbonyl (C=O) groups excluding carboxylic acids is 2. The predicted molar refractivity (Wildman–Crippen MR) is 88.1 cm³/mol. The molecule has 2 aromatic rings. The van der Waals surface area contributed by atoms with Crippen LogP contribution in [0.5, 0.6) is 5.75 Å². The Morgan fingerprint density at radius 3 is 2.48 bits per heavy atom. The lowest BCUT2D eigenvalue weighted by molar-refractivity contribution is -0.142. The second-order valence-electron chi connectivity index (χ2n) is 4.76. The summed E-state index contributed by atoms with van der Waals surface area (Å²) in [6.07, 6.45) is 0. The number of rotatable bonds is 5. The van der Waals surface area contributed by atoms with Gasteiger partial charge in [-0.15, -0.1) is 0 Å². The minimum atomic E-state index is -0.469. The molecule has 0 atom stereocenters. The van der Waals surface area contributed by atoms with Gasteiger partial charge >= 0.3 is 5.97 Å². The molecule has 1 N–H and O–H groups in total. The van der Waals surface area contributed by atoms with E-state index in [0.717, 1.165) is 5.56 Å². The van der Waals surface area contributed by atoms with E-state index in [0.29, 0.717) is 22.0 Å². The van der Waals surface area contributed by atoms with E-state index < -0.39 is 5.97 Å². The van der Waals surface area contributed by atoms with Gasteiger partial charge in [-0.1, -0.05) is 17.7 Å². The van der Waals surface area contributed by atoms with E-state index in [1.54, 1.807) is 42.5 Å². The van der Waals surface area contributed by atoms with Gasteiger partial charge in [0, 0.05) is 16.3 Å². The van der Waals surface area contributed by atoms with Crippen LogP contribution in [-0.4, -0.2) is 25.6 Å². The van der Waals surface area contributed by atoms with Gasteiger partial charge in [0.1, 0.15) is 5.75 Å². The van der Waals surface area contributed by atoms with Crippen molar-refractivity contribution in [3.8, 4) is 5.75 Å². The lowest BCUT2D eigenvalue weighted by Crippen LogP contribution is -2.14. The van der Waals surface area contributed by atoms with Crippen LogP contribution in [-0.2, 0) is 9.53 Å². The second kappa shape index (κ2) is 7.65. The third kappa shape index (κ3) is 4.47. The van der Waals surface area contributed by atoms with Gasteiger partial charge < -0.3 is 14.8 Å². The number of hydrogen-bond donors (Lipinski definition) is 1. The molecule has 0 fully saturated rings. The van der Waals surface area contributed by atoms with Crippen LogP contribution in [0.1, 0.15) is 15.9 Å². The van der Waals surface area contributed by atoms with Gasteiger partial charge in [0.05, 0.1) is 7.11 Å². The third-order valence-electron chi connectivity index (χ3n) is 3.22. The molecule has 2 aromatic carbocycles. The first-order valence-electron chi connectivity index (χ1n) is 6.87. The summed E-state index contributed by atoms with van der Waals surface area (Å²) in [6.45, 7) is 1.66. The first-order chi connectivity index (χ1) is 11.0. The highest BCUT2D eigenvalue weighted by Gasteiger charge is 2.09. The predicted octanol–water partition coefficient (Wildman–Crippen LogP) is 3.45. The largest absolute Gasteiger partial charge is 0.482 e. The van der Waals surface area contributed by atoms with Gasteiger partial charge in [-0.25, -0.2) is 4.79 Å². The number of esters is 1. The van der Waals surface area contributed by atoms with Gasteiger partial charge in [0.25, 0.3) is 5.91 Å². The number of ether oxygens (including phenoxy) is 2. The van der Waals surface area contributed by atoms with E-state index in [-0.39, 0.29) is 12.5 Å². The Hall–Kier alpha value is -2.53. The summed E-state index contributed by atoms with van der Waals surface area (Å²) >= 11 is 6.03. The van der Waals surface area contributed by atoms with Crippen molar-refractivity contribution in [2.24, 2.45) is 0 Å². The average Bonchev–Trinajstić information content (AvgIpc) is 2.57. The molecule has 0 aliphatic carbocycles. The van der Waals surface area contributed by atoms with Gasteiger partial charge in [-0.05, 0) is 48.9 Å². The van der Waals surface area contributed by atoms with Crippen molar-refractivity contribution in [1.29, 1.82) is 0 Å². The van der Waals surface area contributed by atoms with Crippen molar-refractivity contribution in [1.82, 2.24) is 0 Å². The van der Waals surface area contributed by atoms with E-state index >= 15 is 0 Å². The molecular formula is C17H16ClNO4. The highest BCUT2D eigenvalue weighted by Crippen LogP contribution is 2.23. The quantitative estimate of drug-likeness (QED) is 0.851. The van der Waals surface area contributed by atoms with Crippen molar-refractivity contribution in [3.63, 3.8) is 0 Å². The van der Waals surface area contributed by atoms with Crippen molar-refractivity contribution < 1.29 is 19.1 Å². The third-order valence-corrected chi connectivity index (χ3v) is 3.63. The van der Waals surface area contributed by atoms with Crippen LogP contribution < -0.4 is 10.1 Å². The number of carbonyl (C=O) groups is 2. The Bertz CT molecular complexity index is 713. The maximum Gasteiger partial charge on any atom is 0.343 e. The van der Waals surface area contributed by atoms with E-state index in [1.165, 1.54) is 7.11 Å². The van der Waals surface area contributed by atoms with Crippen LogP contribution in [0.4, 0.5) is 5.69 Å². The summed E-state index contributed by atoms with van der Waals surface area (Å²) in [6, 6.07) is 11.8. The Morgan fingerprint density at radius 2 is 1.83 bits per heavy atom. The summed E-state index contributed by atoms with van der Waals surface area (Å²) < 4.78 is 9.71. The number of nitrogens with one attached hydrogen (secondary N) is 1. The molecule has 0 unspecified atom stereocenters. The molecule has 6 heteroatoms. The molecule has 5 nitrogen and oxygen atoms in total. The Balaban J connectivity index is 2.03. The van der Waals surface area contributed by atoms with Gasteiger partial charge in [-0.2, -0.15) is 0 Å². The van der Waals surface area contributed by atoms with E-state index in [2.05, 4.69) is 10.1 Å². The van der Waals surface area contributed by atoms with Crippen molar-refractivity contribution in [2.75, 3.05) is 19.0 Å². The van der Waals surface area contributed by atoms with E-state index in [1.807, 2.05) is 6.92 Å². The number of benzene rings is 2. The molecule has 0 heterocycles. The number of halogens is 1. The maximum absolute atomic E-state index is 12.2. The Labute approximate surface area is 139 Å². The minimum absolute atomic E-state index is 0.177. The van der Waals surface area contributed by atoms with Gasteiger partial charge in [0.2, 0.25) is 0 Å². The zero-order valence-corrected chi connectivity index (χ0v) is 13.5. The summed E-state index contributed by atoms with van der Waals surface area (Å²) in [4.78, 5) is 23.2. The summed E-state index contributed by atoms with van der Waals surface area (Å²) in [5.41, 5.74) is 1.93. The molecule has 120 valence electrons. The molecule has 2 rings (SSSR count). The van der Waals surface area contributed by atoms with Crippen molar-refractivity contribution in [2.45, 2.75) is 6.92 Å². The Morgan fingerprint density at radius 1 is 1.13 bits per heavy atom. The topological polar surface area (TPSA) is 64.6 Å². The highest BCUT2D eigenvalue weighted by atomic mass is 35.5. The first-order valence-corrected chi connectivity index (χ1v) is 7.25. The first kappa shape index (κ1) is 16.8. The molecule has 0 bridgehead atoms. The fourth-order valence-electron chi connectivity index (χ4n) is 1.84. The standard InChI is InChI=1S/C17H16ClNO4/c1-11-14(18)4-3-5-15(11)19-17(21)12-6-8-13(9-7-12)23-10-16(20)22-2/h3-9H,10H2,1-2H3,(H,19,21). The second-order valence-corrected chi connectivity index (χ2v) is 5.16. The summed E-state index contributed by atoms with van der Waals surface area (Å²) in [5.74, 6) is -0.246. The number of methoxy groups -OCH3 is 1. The molecule has 1 amide bonds. The molecule has 0 aromatic heterocycles. The maximum atomic E-state index is 12.2. The molecule has 0 saturated carbocycles. The lowest BCUT2D eigenvalue weighted by Gasteiger charge is -2.10. The Kier molecular flexibility index (Phi) is 5.60. The monoisotopic (exact) mass is 333 g/mol. The number of anilines is 1. The fourth-order valence-corrected chi connectivity index (χ4v) is 2.02. The molecule has 0 spiro atoms. The minimum Gasteiger partial charge on any atom is -0.482 e. The average molecular weight is 334 g/mol. The fraction of sp³-hybridized carbons (Fsp3) is 0.176. The summed E-state index contributed by atoms with van der Waals surface area (Å²) in [5, 5.41) is 3.40. The van der Waals surface area contributed by atoms with Crippen LogP contribution in [0, 0.1) is 6.92 Å². The van der Waals surface area contributed by atoms with Crippen LogP contribution in [0.15, 0.2) is 42.5 Å². The summed E-state index contributed by atoms with van der Waals surface area (Å²) in [7, 11) is 1.29. The molecule has 0 aliphatic heterocycles. The zero-order valence-electron chi connectivity index (χ0n) is 12.8. The van der Waals surface area contributed by atoms with Crippen molar-refractivity contribution >= 4 is 29.2 Å². The SMILES string of the molecule is COC(=O)COc1ccc(C(=O)Nc2cccc(Cl)c2C)cc1. The molecule has 0 saturated heterocycles. The van der Waals surface area contributed by atoms with Crippen LogP contribution in [0.3, 0.4) is 0 Å². The van der Waals surface area contributed by atoms with Crippen molar-refractivity contribution in [3.05, 3.63) is 58.6 Å². The number of amides is 1. The number of hydrogen-bond acceptors (Lipinski definition) is 4. The van der Waals surface area contributed by atoms with Gasteiger partial charge in [0.15, 0.2) is 6.61 Å². The van der Waals surface area contributed by atoms with E-state index in [4.69, 9.17) is 16.3 Å².